The SMILES string of the molecule is CC(C)[C@H](C)NS(=O)(=O)c1ccccc1[N+](=O)[O-]. The summed E-state index contributed by atoms with van der Waals surface area (Å²) in [5.41, 5.74) is -0.416. The summed E-state index contributed by atoms with van der Waals surface area (Å²) >= 11 is 0. The van der Waals surface area contributed by atoms with Gasteiger partial charge in [0.25, 0.3) is 5.69 Å². The molecule has 0 amide bonds. The minimum atomic E-state index is -3.87. The molecule has 100 valence electrons. The lowest BCUT2D eigenvalue weighted by molar-refractivity contribution is -0.387. The maximum absolute atomic E-state index is 12.1. The number of benzene rings is 1. The summed E-state index contributed by atoms with van der Waals surface area (Å²) in [5.74, 6) is 0.0996. The highest BCUT2D eigenvalue weighted by Gasteiger charge is 2.26. The van der Waals surface area contributed by atoms with Crippen molar-refractivity contribution >= 4 is 15.7 Å². The highest BCUT2D eigenvalue weighted by molar-refractivity contribution is 7.89. The fourth-order valence-electron chi connectivity index (χ4n) is 1.28. The molecule has 0 aliphatic heterocycles. The van der Waals surface area contributed by atoms with Gasteiger partial charge in [-0.25, -0.2) is 13.1 Å². The van der Waals surface area contributed by atoms with E-state index in [0.717, 1.165) is 0 Å². The van der Waals surface area contributed by atoms with Gasteiger partial charge in [0.1, 0.15) is 0 Å². The molecule has 1 N–H and O–H groups in total. The molecule has 0 aliphatic carbocycles. The molecule has 1 rings (SSSR count). The number of hydrogen-bond acceptors (Lipinski definition) is 4. The monoisotopic (exact) mass is 272 g/mol. The maximum Gasteiger partial charge on any atom is 0.289 e. The first-order chi connectivity index (χ1) is 8.25. The lowest BCUT2D eigenvalue weighted by Crippen LogP contribution is -2.36. The van der Waals surface area contributed by atoms with Gasteiger partial charge in [-0.05, 0) is 18.9 Å². The molecule has 0 unspecified atom stereocenters. The number of nitro groups is 1. The molecular weight excluding hydrogens is 256 g/mol. The fourth-order valence-corrected chi connectivity index (χ4v) is 2.84. The Morgan fingerprint density at radius 1 is 1.22 bits per heavy atom. The van der Waals surface area contributed by atoms with Crippen LogP contribution in [0.5, 0.6) is 0 Å². The van der Waals surface area contributed by atoms with Crippen molar-refractivity contribution in [3.05, 3.63) is 34.4 Å². The smallest absolute Gasteiger partial charge is 0.258 e. The van der Waals surface area contributed by atoms with Gasteiger partial charge in [-0.2, -0.15) is 0 Å². The first-order valence-corrected chi connectivity index (χ1v) is 6.99. The van der Waals surface area contributed by atoms with Crippen molar-refractivity contribution < 1.29 is 13.3 Å². The number of nitrogens with zero attached hydrogens (tertiary/aromatic N) is 1. The Bertz CT molecular complexity index is 540. The largest absolute Gasteiger partial charge is 0.289 e. The lowest BCUT2D eigenvalue weighted by Gasteiger charge is -2.17. The Hall–Kier alpha value is -1.47. The summed E-state index contributed by atoms with van der Waals surface area (Å²) in [7, 11) is -3.87. The van der Waals surface area contributed by atoms with Gasteiger partial charge in [-0.3, -0.25) is 10.1 Å². The average Bonchev–Trinajstić information content (AvgIpc) is 2.28. The first kappa shape index (κ1) is 14.6. The normalized spacial score (nSPS) is 13.6. The number of nitrogens with one attached hydrogen (secondary N) is 1. The molecule has 0 radical (unpaired) electrons. The van der Waals surface area contributed by atoms with Crippen LogP contribution in [-0.2, 0) is 10.0 Å². The van der Waals surface area contributed by atoms with Gasteiger partial charge in [0.2, 0.25) is 10.0 Å². The molecular formula is C11H16N2O4S. The molecule has 0 fully saturated rings. The number of rotatable bonds is 5. The number of para-hydroxylation sites is 1. The molecule has 0 saturated heterocycles. The summed E-state index contributed by atoms with van der Waals surface area (Å²) in [6.07, 6.45) is 0. The zero-order chi connectivity index (χ0) is 13.9. The van der Waals surface area contributed by atoms with Crippen molar-refractivity contribution in [2.45, 2.75) is 31.7 Å². The van der Waals surface area contributed by atoms with E-state index in [0.29, 0.717) is 0 Å². The van der Waals surface area contributed by atoms with Crippen molar-refractivity contribution in [1.82, 2.24) is 4.72 Å². The van der Waals surface area contributed by atoms with Gasteiger partial charge in [0.05, 0.1) is 4.92 Å². The lowest BCUT2D eigenvalue weighted by atomic mass is 10.1. The average molecular weight is 272 g/mol. The van der Waals surface area contributed by atoms with E-state index in [-0.39, 0.29) is 16.9 Å². The van der Waals surface area contributed by atoms with Crippen LogP contribution in [0.2, 0.25) is 0 Å². The van der Waals surface area contributed by atoms with Gasteiger partial charge >= 0.3 is 0 Å². The number of hydrogen-bond donors (Lipinski definition) is 1. The minimum absolute atomic E-state index is 0.0996. The van der Waals surface area contributed by atoms with E-state index in [1.165, 1.54) is 24.3 Å². The Balaban J connectivity index is 3.17. The van der Waals surface area contributed by atoms with Crippen LogP contribution >= 0.6 is 0 Å². The van der Waals surface area contributed by atoms with Crippen molar-refractivity contribution in [1.29, 1.82) is 0 Å². The molecule has 6 nitrogen and oxygen atoms in total. The topological polar surface area (TPSA) is 89.3 Å². The predicted octanol–water partition coefficient (Wildman–Crippen LogP) is 1.92. The third kappa shape index (κ3) is 3.27. The fraction of sp³-hybridized carbons (Fsp3) is 0.455. The minimum Gasteiger partial charge on any atom is -0.258 e. The molecule has 0 spiro atoms. The van der Waals surface area contributed by atoms with Gasteiger partial charge < -0.3 is 0 Å². The van der Waals surface area contributed by atoms with E-state index in [9.17, 15) is 18.5 Å². The predicted molar refractivity (Wildman–Crippen MR) is 67.7 cm³/mol. The van der Waals surface area contributed by atoms with Gasteiger partial charge in [0, 0.05) is 12.1 Å². The Labute approximate surface area is 106 Å². The summed E-state index contributed by atoms with van der Waals surface area (Å²) in [6.45, 7) is 5.45. The zero-order valence-corrected chi connectivity index (χ0v) is 11.3. The van der Waals surface area contributed by atoms with Crippen LogP contribution in [-0.4, -0.2) is 19.4 Å². The third-order valence-electron chi connectivity index (χ3n) is 2.69. The standard InChI is InChI=1S/C11H16N2O4S/c1-8(2)9(3)12-18(16,17)11-7-5-4-6-10(11)13(14)15/h4-9,12H,1-3H3/t9-/m0/s1. The number of nitro benzene ring substituents is 1. The van der Waals surface area contributed by atoms with E-state index >= 15 is 0 Å². The quantitative estimate of drug-likeness (QED) is 0.655. The van der Waals surface area contributed by atoms with Crippen LogP contribution in [0.1, 0.15) is 20.8 Å². The van der Waals surface area contributed by atoms with Crippen LogP contribution in [0.4, 0.5) is 5.69 Å². The second-order valence-electron chi connectivity index (χ2n) is 4.38. The molecule has 0 bridgehead atoms. The number of sulfonamides is 1. The molecule has 1 atom stereocenters. The molecule has 0 aliphatic rings. The van der Waals surface area contributed by atoms with Crippen molar-refractivity contribution in [3.63, 3.8) is 0 Å². The van der Waals surface area contributed by atoms with Crippen molar-refractivity contribution in [2.24, 2.45) is 5.92 Å². The summed E-state index contributed by atoms with van der Waals surface area (Å²) in [6, 6.07) is 5.00. The molecule has 18 heavy (non-hydrogen) atoms. The summed E-state index contributed by atoms with van der Waals surface area (Å²) in [4.78, 5) is 9.80. The van der Waals surface area contributed by atoms with Gasteiger partial charge in [0.15, 0.2) is 4.90 Å². The van der Waals surface area contributed by atoms with Crippen LogP contribution in [0, 0.1) is 16.0 Å². The summed E-state index contributed by atoms with van der Waals surface area (Å²) < 4.78 is 26.5. The van der Waals surface area contributed by atoms with Gasteiger partial charge in [-0.15, -0.1) is 0 Å². The van der Waals surface area contributed by atoms with E-state index in [1.807, 2.05) is 13.8 Å². The highest BCUT2D eigenvalue weighted by Crippen LogP contribution is 2.23. The molecule has 0 saturated carbocycles. The van der Waals surface area contributed by atoms with Gasteiger partial charge in [-0.1, -0.05) is 26.0 Å². The van der Waals surface area contributed by atoms with E-state index < -0.39 is 20.6 Å². The third-order valence-corrected chi connectivity index (χ3v) is 4.30. The van der Waals surface area contributed by atoms with Crippen molar-refractivity contribution in [3.8, 4) is 0 Å². The van der Waals surface area contributed by atoms with Crippen LogP contribution in [0.25, 0.3) is 0 Å². The van der Waals surface area contributed by atoms with E-state index in [2.05, 4.69) is 4.72 Å². The molecule has 7 heteroatoms. The van der Waals surface area contributed by atoms with E-state index in [1.54, 1.807) is 6.92 Å². The summed E-state index contributed by atoms with van der Waals surface area (Å²) in [5, 5.41) is 10.8. The molecule has 0 heterocycles. The first-order valence-electron chi connectivity index (χ1n) is 5.51. The highest BCUT2D eigenvalue weighted by atomic mass is 32.2. The second-order valence-corrected chi connectivity index (χ2v) is 6.06. The maximum atomic E-state index is 12.1. The van der Waals surface area contributed by atoms with Crippen LogP contribution in [0.15, 0.2) is 29.2 Å². The Kier molecular flexibility index (Phi) is 4.42. The Morgan fingerprint density at radius 2 is 1.78 bits per heavy atom. The molecule has 0 aromatic heterocycles. The Morgan fingerprint density at radius 3 is 2.28 bits per heavy atom. The van der Waals surface area contributed by atoms with E-state index in [4.69, 9.17) is 0 Å². The van der Waals surface area contributed by atoms with Crippen LogP contribution in [0.3, 0.4) is 0 Å². The second kappa shape index (κ2) is 5.45. The molecule has 1 aromatic carbocycles. The zero-order valence-electron chi connectivity index (χ0n) is 10.5. The van der Waals surface area contributed by atoms with Crippen LogP contribution < -0.4 is 4.72 Å². The van der Waals surface area contributed by atoms with Crippen molar-refractivity contribution in [2.75, 3.05) is 0 Å². The molecule has 1 aromatic rings.